The van der Waals surface area contributed by atoms with Crippen LogP contribution in [0.15, 0.2) is 24.3 Å². The second kappa shape index (κ2) is 3.38. The number of H-pyrrole nitrogens is 1. The highest BCUT2D eigenvalue weighted by molar-refractivity contribution is 5.83. The molecule has 0 bridgehead atoms. The zero-order chi connectivity index (χ0) is 10.3. The maximum atomic E-state index is 3.54. The third-order valence-corrected chi connectivity index (χ3v) is 3.40. The predicted octanol–water partition coefficient (Wildman–Crippen LogP) is 2.55. The van der Waals surface area contributed by atoms with E-state index in [1.165, 1.54) is 28.6 Å². The molecule has 0 spiro atoms. The second-order valence-corrected chi connectivity index (χ2v) is 4.45. The minimum Gasteiger partial charge on any atom is -0.358 e. The molecule has 78 valence electrons. The van der Waals surface area contributed by atoms with Gasteiger partial charge in [-0.05, 0) is 37.6 Å². The Morgan fingerprint density at radius 3 is 3.00 bits per heavy atom. The Morgan fingerprint density at radius 1 is 1.33 bits per heavy atom. The molecule has 2 aromatic rings. The van der Waals surface area contributed by atoms with Gasteiger partial charge in [-0.1, -0.05) is 12.1 Å². The number of hydrogen-bond donors (Lipinski definition) is 2. The summed E-state index contributed by atoms with van der Waals surface area (Å²) in [4.78, 5) is 3.54. The van der Waals surface area contributed by atoms with E-state index in [0.29, 0.717) is 5.92 Å². The van der Waals surface area contributed by atoms with Gasteiger partial charge in [0, 0.05) is 29.1 Å². The molecule has 15 heavy (non-hydrogen) atoms. The van der Waals surface area contributed by atoms with E-state index < -0.39 is 0 Å². The standard InChI is InChI=1S/C13H16N2/c1-9-3-2-4-12-11(9)7-13(15-12)10-5-6-14-8-10/h2-4,7,10,14-15H,5-6,8H2,1H3/t10-/m0/s1. The summed E-state index contributed by atoms with van der Waals surface area (Å²) in [6.07, 6.45) is 1.26. The highest BCUT2D eigenvalue weighted by atomic mass is 14.9. The maximum Gasteiger partial charge on any atom is 0.0458 e. The van der Waals surface area contributed by atoms with Crippen molar-refractivity contribution < 1.29 is 0 Å². The smallest absolute Gasteiger partial charge is 0.0458 e. The van der Waals surface area contributed by atoms with Crippen LogP contribution in [-0.4, -0.2) is 18.1 Å². The van der Waals surface area contributed by atoms with Gasteiger partial charge in [0.15, 0.2) is 0 Å². The summed E-state index contributed by atoms with van der Waals surface area (Å²) in [6.45, 7) is 4.44. The molecule has 1 fully saturated rings. The van der Waals surface area contributed by atoms with E-state index in [2.05, 4.69) is 41.5 Å². The number of fused-ring (bicyclic) bond motifs is 1. The van der Waals surface area contributed by atoms with Crippen molar-refractivity contribution in [1.82, 2.24) is 10.3 Å². The van der Waals surface area contributed by atoms with Crippen molar-refractivity contribution in [2.75, 3.05) is 13.1 Å². The van der Waals surface area contributed by atoms with Crippen molar-refractivity contribution in [3.8, 4) is 0 Å². The summed E-state index contributed by atoms with van der Waals surface area (Å²) in [5, 5.41) is 4.78. The molecule has 0 unspecified atom stereocenters. The van der Waals surface area contributed by atoms with Gasteiger partial charge < -0.3 is 10.3 Å². The Balaban J connectivity index is 2.09. The highest BCUT2D eigenvalue weighted by Crippen LogP contribution is 2.27. The Kier molecular flexibility index (Phi) is 2.03. The number of benzene rings is 1. The molecule has 1 aliphatic rings. The number of nitrogens with one attached hydrogen (secondary N) is 2. The molecule has 1 aromatic carbocycles. The molecule has 0 radical (unpaired) electrons. The number of aromatic nitrogens is 1. The fraction of sp³-hybridized carbons (Fsp3) is 0.385. The first-order valence-electron chi connectivity index (χ1n) is 5.63. The number of aryl methyl sites for hydroxylation is 1. The van der Waals surface area contributed by atoms with E-state index >= 15 is 0 Å². The van der Waals surface area contributed by atoms with E-state index in [4.69, 9.17) is 0 Å². The zero-order valence-electron chi connectivity index (χ0n) is 9.01. The number of rotatable bonds is 1. The van der Waals surface area contributed by atoms with E-state index in [9.17, 15) is 0 Å². The van der Waals surface area contributed by atoms with Crippen molar-refractivity contribution in [1.29, 1.82) is 0 Å². The van der Waals surface area contributed by atoms with Crippen molar-refractivity contribution in [3.63, 3.8) is 0 Å². The molecule has 1 aromatic heterocycles. The second-order valence-electron chi connectivity index (χ2n) is 4.45. The van der Waals surface area contributed by atoms with Crippen LogP contribution < -0.4 is 5.32 Å². The molecule has 1 atom stereocenters. The number of aromatic amines is 1. The predicted molar refractivity (Wildman–Crippen MR) is 63.3 cm³/mol. The molecular formula is C13H16N2. The van der Waals surface area contributed by atoms with Gasteiger partial charge in [0.05, 0.1) is 0 Å². The largest absolute Gasteiger partial charge is 0.358 e. The van der Waals surface area contributed by atoms with E-state index in [1.807, 2.05) is 0 Å². The van der Waals surface area contributed by atoms with Crippen LogP contribution in [0.1, 0.15) is 23.6 Å². The van der Waals surface area contributed by atoms with E-state index in [1.54, 1.807) is 0 Å². The SMILES string of the molecule is Cc1cccc2[nH]c([C@H]3CCNC3)cc12. The average Bonchev–Trinajstić information content (AvgIpc) is 2.86. The summed E-state index contributed by atoms with van der Waals surface area (Å²) in [7, 11) is 0. The van der Waals surface area contributed by atoms with Crippen molar-refractivity contribution in [3.05, 3.63) is 35.5 Å². The molecule has 0 amide bonds. The van der Waals surface area contributed by atoms with Crippen LogP contribution >= 0.6 is 0 Å². The Bertz CT molecular complexity index is 478. The molecule has 0 aliphatic carbocycles. The summed E-state index contributed by atoms with van der Waals surface area (Å²) < 4.78 is 0. The molecule has 2 heterocycles. The minimum absolute atomic E-state index is 0.678. The Hall–Kier alpha value is -1.28. The lowest BCUT2D eigenvalue weighted by atomic mass is 10.0. The summed E-state index contributed by atoms with van der Waals surface area (Å²) in [5.74, 6) is 0.678. The van der Waals surface area contributed by atoms with Crippen LogP contribution in [0.4, 0.5) is 0 Å². The maximum absolute atomic E-state index is 3.54. The normalized spacial score (nSPS) is 21.3. The summed E-state index contributed by atoms with van der Waals surface area (Å²) >= 11 is 0. The molecule has 3 rings (SSSR count). The van der Waals surface area contributed by atoms with Gasteiger partial charge in [0.2, 0.25) is 0 Å². The number of hydrogen-bond acceptors (Lipinski definition) is 1. The first-order chi connectivity index (χ1) is 7.34. The lowest BCUT2D eigenvalue weighted by Crippen LogP contribution is -2.07. The van der Waals surface area contributed by atoms with Crippen LogP contribution in [0.25, 0.3) is 10.9 Å². The third-order valence-electron chi connectivity index (χ3n) is 3.40. The fourth-order valence-electron chi connectivity index (χ4n) is 2.47. The van der Waals surface area contributed by atoms with Gasteiger partial charge in [0.25, 0.3) is 0 Å². The van der Waals surface area contributed by atoms with Crippen molar-refractivity contribution >= 4 is 10.9 Å². The fourth-order valence-corrected chi connectivity index (χ4v) is 2.47. The van der Waals surface area contributed by atoms with Crippen LogP contribution in [-0.2, 0) is 0 Å². The molecular weight excluding hydrogens is 184 g/mol. The average molecular weight is 200 g/mol. The molecule has 2 N–H and O–H groups in total. The quantitative estimate of drug-likeness (QED) is 0.727. The van der Waals surface area contributed by atoms with Crippen LogP contribution in [0.3, 0.4) is 0 Å². The van der Waals surface area contributed by atoms with Crippen LogP contribution in [0.5, 0.6) is 0 Å². The van der Waals surface area contributed by atoms with Crippen LogP contribution in [0.2, 0.25) is 0 Å². The van der Waals surface area contributed by atoms with Gasteiger partial charge >= 0.3 is 0 Å². The molecule has 1 aliphatic heterocycles. The molecule has 1 saturated heterocycles. The third kappa shape index (κ3) is 1.45. The first kappa shape index (κ1) is 8.98. The van der Waals surface area contributed by atoms with Crippen molar-refractivity contribution in [2.24, 2.45) is 0 Å². The molecule has 2 nitrogen and oxygen atoms in total. The van der Waals surface area contributed by atoms with E-state index in [0.717, 1.165) is 13.1 Å². The van der Waals surface area contributed by atoms with Gasteiger partial charge in [-0.3, -0.25) is 0 Å². The minimum atomic E-state index is 0.678. The highest BCUT2D eigenvalue weighted by Gasteiger charge is 2.18. The summed E-state index contributed by atoms with van der Waals surface area (Å²) in [6, 6.07) is 8.77. The van der Waals surface area contributed by atoms with Crippen molar-refractivity contribution in [2.45, 2.75) is 19.3 Å². The van der Waals surface area contributed by atoms with Gasteiger partial charge in [-0.15, -0.1) is 0 Å². The lowest BCUT2D eigenvalue weighted by molar-refractivity contribution is 0.743. The van der Waals surface area contributed by atoms with Gasteiger partial charge in [-0.25, -0.2) is 0 Å². The zero-order valence-corrected chi connectivity index (χ0v) is 9.01. The van der Waals surface area contributed by atoms with Crippen LogP contribution in [0, 0.1) is 6.92 Å². The lowest BCUT2D eigenvalue weighted by Gasteiger charge is -2.03. The first-order valence-corrected chi connectivity index (χ1v) is 5.63. The molecule has 0 saturated carbocycles. The van der Waals surface area contributed by atoms with Gasteiger partial charge in [0.1, 0.15) is 0 Å². The monoisotopic (exact) mass is 200 g/mol. The molecule has 2 heteroatoms. The van der Waals surface area contributed by atoms with E-state index in [-0.39, 0.29) is 0 Å². The van der Waals surface area contributed by atoms with Gasteiger partial charge in [-0.2, -0.15) is 0 Å². The summed E-state index contributed by atoms with van der Waals surface area (Å²) in [5.41, 5.74) is 4.03. The Morgan fingerprint density at radius 2 is 2.27 bits per heavy atom. The topological polar surface area (TPSA) is 27.8 Å². The Labute approximate surface area is 89.7 Å².